The van der Waals surface area contributed by atoms with Gasteiger partial charge in [0.2, 0.25) is 0 Å². The molecule has 1 aromatic heterocycles. The molecule has 0 amide bonds. The maximum atomic E-state index is 10.6. The van der Waals surface area contributed by atoms with Crippen LogP contribution in [0.5, 0.6) is 0 Å². The van der Waals surface area contributed by atoms with Crippen LogP contribution in [0.25, 0.3) is 10.9 Å². The lowest BCUT2D eigenvalue weighted by atomic mass is 10.2. The number of H-pyrrole nitrogens is 1. The second-order valence-electron chi connectivity index (χ2n) is 3.00. The van der Waals surface area contributed by atoms with E-state index in [-0.39, 0.29) is 0 Å². The minimum absolute atomic E-state index is 0.616. The lowest BCUT2D eigenvalue weighted by molar-refractivity contribution is 0.112. The molecule has 0 spiro atoms. The van der Waals surface area contributed by atoms with Gasteiger partial charge in [0.1, 0.15) is 0 Å². The molecule has 0 unspecified atom stereocenters. The van der Waals surface area contributed by atoms with Gasteiger partial charge in [-0.15, -0.1) is 0 Å². The number of hydrogen-bond acceptors (Lipinski definition) is 1. The number of fused-ring (bicyclic) bond motifs is 1. The molecule has 1 N–H and O–H groups in total. The van der Waals surface area contributed by atoms with Crippen molar-refractivity contribution in [2.45, 2.75) is 6.92 Å². The summed E-state index contributed by atoms with van der Waals surface area (Å²) in [5, 5.41) is 1.06. The van der Waals surface area contributed by atoms with Gasteiger partial charge in [0, 0.05) is 9.86 Å². The van der Waals surface area contributed by atoms with E-state index in [0.29, 0.717) is 5.69 Å². The molecule has 3 heteroatoms. The Balaban J connectivity index is 2.87. The second-order valence-corrected chi connectivity index (χ2v) is 3.85. The molecule has 0 aliphatic rings. The van der Waals surface area contributed by atoms with Crippen LogP contribution in [-0.2, 0) is 0 Å². The van der Waals surface area contributed by atoms with Gasteiger partial charge in [-0.25, -0.2) is 0 Å². The fourth-order valence-electron chi connectivity index (χ4n) is 1.41. The number of benzene rings is 1. The van der Waals surface area contributed by atoms with Crippen LogP contribution in [-0.4, -0.2) is 11.3 Å². The van der Waals surface area contributed by atoms with E-state index in [1.54, 1.807) is 0 Å². The normalized spacial score (nSPS) is 10.6. The molecule has 1 heterocycles. The fraction of sp³-hybridized carbons (Fsp3) is 0.100. The highest BCUT2D eigenvalue weighted by Crippen LogP contribution is 2.26. The summed E-state index contributed by atoms with van der Waals surface area (Å²) in [7, 11) is 0. The van der Waals surface area contributed by atoms with E-state index in [1.807, 2.05) is 25.1 Å². The van der Waals surface area contributed by atoms with Gasteiger partial charge < -0.3 is 4.98 Å². The molecular weight excluding hydrogens is 230 g/mol. The average molecular weight is 238 g/mol. The Hall–Kier alpha value is -1.09. The van der Waals surface area contributed by atoms with Crippen molar-refractivity contribution in [1.29, 1.82) is 0 Å². The van der Waals surface area contributed by atoms with Crippen LogP contribution < -0.4 is 0 Å². The van der Waals surface area contributed by atoms with E-state index in [0.717, 1.165) is 27.2 Å². The van der Waals surface area contributed by atoms with Crippen molar-refractivity contribution in [2.75, 3.05) is 0 Å². The van der Waals surface area contributed by atoms with Gasteiger partial charge in [0.15, 0.2) is 6.29 Å². The number of halogens is 1. The smallest absolute Gasteiger partial charge is 0.166 e. The Labute approximate surface area is 84.1 Å². The molecule has 0 aliphatic heterocycles. The maximum Gasteiger partial charge on any atom is 0.166 e. The van der Waals surface area contributed by atoms with Crippen LogP contribution in [0.1, 0.15) is 16.1 Å². The highest BCUT2D eigenvalue weighted by molar-refractivity contribution is 9.10. The second kappa shape index (κ2) is 3.00. The molecule has 0 atom stereocenters. The third-order valence-corrected chi connectivity index (χ3v) is 2.79. The topological polar surface area (TPSA) is 32.9 Å². The molecule has 1 aromatic carbocycles. The fourth-order valence-corrected chi connectivity index (χ4v) is 1.85. The lowest BCUT2D eigenvalue weighted by Crippen LogP contribution is -1.78. The minimum atomic E-state index is 0.616. The van der Waals surface area contributed by atoms with Crippen LogP contribution in [0, 0.1) is 6.92 Å². The molecule has 0 saturated heterocycles. The average Bonchev–Trinajstić information content (AvgIpc) is 2.56. The summed E-state index contributed by atoms with van der Waals surface area (Å²) in [6.45, 7) is 2.01. The van der Waals surface area contributed by atoms with Crippen molar-refractivity contribution >= 4 is 33.1 Å². The summed E-state index contributed by atoms with van der Waals surface area (Å²) in [6, 6.07) is 5.84. The monoisotopic (exact) mass is 237 g/mol. The van der Waals surface area contributed by atoms with Gasteiger partial charge in [0.05, 0.1) is 11.2 Å². The zero-order valence-corrected chi connectivity index (χ0v) is 8.68. The lowest BCUT2D eigenvalue weighted by Gasteiger charge is -1.96. The molecular formula is C10H8BrNO. The Morgan fingerprint density at radius 3 is 2.85 bits per heavy atom. The van der Waals surface area contributed by atoms with Crippen LogP contribution in [0.4, 0.5) is 0 Å². The highest BCUT2D eigenvalue weighted by Gasteiger charge is 2.05. The van der Waals surface area contributed by atoms with Crippen molar-refractivity contribution in [3.8, 4) is 0 Å². The molecule has 0 fully saturated rings. The van der Waals surface area contributed by atoms with Crippen molar-refractivity contribution in [1.82, 2.24) is 4.98 Å². The Morgan fingerprint density at radius 1 is 1.46 bits per heavy atom. The summed E-state index contributed by atoms with van der Waals surface area (Å²) in [4.78, 5) is 13.6. The molecule has 2 rings (SSSR count). The predicted molar refractivity (Wildman–Crippen MR) is 56.1 cm³/mol. The minimum Gasteiger partial charge on any atom is -0.352 e. The maximum absolute atomic E-state index is 10.6. The molecule has 13 heavy (non-hydrogen) atoms. The first-order valence-electron chi connectivity index (χ1n) is 3.95. The molecule has 0 bridgehead atoms. The van der Waals surface area contributed by atoms with Crippen LogP contribution in [0.15, 0.2) is 22.7 Å². The SMILES string of the molecule is Cc1ccc(Br)c2cc(C=O)[nH]c12. The highest BCUT2D eigenvalue weighted by atomic mass is 79.9. The first kappa shape index (κ1) is 8.51. The van der Waals surface area contributed by atoms with Crippen molar-refractivity contribution in [3.63, 3.8) is 0 Å². The number of aromatic nitrogens is 1. The summed E-state index contributed by atoms with van der Waals surface area (Å²) in [5.41, 5.74) is 2.78. The van der Waals surface area contributed by atoms with Crippen molar-refractivity contribution < 1.29 is 4.79 Å². The van der Waals surface area contributed by atoms with Gasteiger partial charge >= 0.3 is 0 Å². The standard InChI is InChI=1S/C10H8BrNO/c1-6-2-3-9(11)8-4-7(5-13)12-10(6)8/h2-5,12H,1H3. The third-order valence-electron chi connectivity index (χ3n) is 2.10. The first-order chi connectivity index (χ1) is 6.22. The Kier molecular flexibility index (Phi) is 1.96. The van der Waals surface area contributed by atoms with E-state index in [1.165, 1.54) is 0 Å². The van der Waals surface area contributed by atoms with Gasteiger partial charge in [-0.1, -0.05) is 22.0 Å². The molecule has 2 aromatic rings. The van der Waals surface area contributed by atoms with Crippen LogP contribution in [0.3, 0.4) is 0 Å². The summed E-state index contributed by atoms with van der Waals surface area (Å²) < 4.78 is 1.01. The first-order valence-corrected chi connectivity index (χ1v) is 4.74. The van der Waals surface area contributed by atoms with Crippen molar-refractivity contribution in [2.24, 2.45) is 0 Å². The van der Waals surface area contributed by atoms with Gasteiger partial charge in [-0.3, -0.25) is 4.79 Å². The zero-order chi connectivity index (χ0) is 9.42. The quantitative estimate of drug-likeness (QED) is 0.761. The number of carbonyl (C=O) groups excluding carboxylic acids is 1. The summed E-state index contributed by atoms with van der Waals surface area (Å²) in [5.74, 6) is 0. The van der Waals surface area contributed by atoms with Gasteiger partial charge in [0.25, 0.3) is 0 Å². The number of carbonyl (C=O) groups is 1. The molecule has 0 saturated carbocycles. The summed E-state index contributed by atoms with van der Waals surface area (Å²) in [6.07, 6.45) is 0.825. The van der Waals surface area contributed by atoms with E-state index < -0.39 is 0 Å². The number of aryl methyl sites for hydroxylation is 1. The number of aldehydes is 1. The molecule has 0 radical (unpaired) electrons. The zero-order valence-electron chi connectivity index (χ0n) is 7.10. The number of aromatic amines is 1. The molecule has 2 nitrogen and oxygen atoms in total. The van der Waals surface area contributed by atoms with E-state index in [2.05, 4.69) is 20.9 Å². The Bertz CT molecular complexity index is 434. The van der Waals surface area contributed by atoms with Gasteiger partial charge in [-0.2, -0.15) is 0 Å². The predicted octanol–water partition coefficient (Wildman–Crippen LogP) is 3.05. The number of nitrogens with one attached hydrogen (secondary N) is 1. The van der Waals surface area contributed by atoms with Crippen LogP contribution in [0.2, 0.25) is 0 Å². The van der Waals surface area contributed by atoms with E-state index >= 15 is 0 Å². The van der Waals surface area contributed by atoms with Crippen molar-refractivity contribution in [3.05, 3.63) is 33.9 Å². The molecule has 0 aliphatic carbocycles. The van der Waals surface area contributed by atoms with E-state index in [4.69, 9.17) is 0 Å². The summed E-state index contributed by atoms with van der Waals surface area (Å²) >= 11 is 3.44. The largest absolute Gasteiger partial charge is 0.352 e. The third kappa shape index (κ3) is 1.29. The Morgan fingerprint density at radius 2 is 2.23 bits per heavy atom. The van der Waals surface area contributed by atoms with E-state index in [9.17, 15) is 4.79 Å². The van der Waals surface area contributed by atoms with Crippen LogP contribution >= 0.6 is 15.9 Å². The van der Waals surface area contributed by atoms with Gasteiger partial charge in [-0.05, 0) is 24.6 Å². The molecule has 66 valence electrons. The number of hydrogen-bond donors (Lipinski definition) is 1. The number of rotatable bonds is 1.